The molecule has 3 nitrogen and oxygen atoms in total. The van der Waals surface area contributed by atoms with Gasteiger partial charge in [0, 0.05) is 13.1 Å². The predicted molar refractivity (Wildman–Crippen MR) is 98.7 cm³/mol. The Morgan fingerprint density at radius 2 is 1.09 bits per heavy atom. The van der Waals surface area contributed by atoms with Crippen molar-refractivity contribution in [3.63, 3.8) is 0 Å². The summed E-state index contributed by atoms with van der Waals surface area (Å²) in [4.78, 5) is 5.74. The first-order valence-electron chi connectivity index (χ1n) is 10.4. The van der Waals surface area contributed by atoms with E-state index < -0.39 is 0 Å². The SMILES string of the molecule is CCCCCCCCCCCCCCCCON1CCOCC1. The Labute approximate surface area is 145 Å². The van der Waals surface area contributed by atoms with Gasteiger partial charge in [-0.15, -0.1) is 0 Å². The molecule has 0 spiro atoms. The van der Waals surface area contributed by atoms with Crippen molar-refractivity contribution in [2.75, 3.05) is 32.9 Å². The number of rotatable bonds is 16. The van der Waals surface area contributed by atoms with Gasteiger partial charge in [-0.25, -0.2) is 0 Å². The molecule has 0 unspecified atom stereocenters. The van der Waals surface area contributed by atoms with Crippen LogP contribution in [-0.2, 0) is 9.57 Å². The lowest BCUT2D eigenvalue weighted by Crippen LogP contribution is -2.36. The molecule has 0 atom stereocenters. The Hall–Kier alpha value is -0.120. The molecule has 1 saturated heterocycles. The zero-order chi connectivity index (χ0) is 16.4. The van der Waals surface area contributed by atoms with Gasteiger partial charge in [-0.2, -0.15) is 5.06 Å². The molecule has 0 aromatic heterocycles. The molecule has 0 N–H and O–H groups in total. The van der Waals surface area contributed by atoms with Gasteiger partial charge < -0.3 is 4.74 Å². The average Bonchev–Trinajstić information content (AvgIpc) is 2.59. The van der Waals surface area contributed by atoms with Crippen molar-refractivity contribution in [1.29, 1.82) is 0 Å². The van der Waals surface area contributed by atoms with E-state index in [1.165, 1.54) is 89.9 Å². The second-order valence-electron chi connectivity index (χ2n) is 6.97. The molecule has 1 aliphatic heterocycles. The third-order valence-corrected chi connectivity index (χ3v) is 4.74. The second-order valence-corrected chi connectivity index (χ2v) is 6.97. The van der Waals surface area contributed by atoms with E-state index in [0.717, 1.165) is 32.9 Å². The lowest BCUT2D eigenvalue weighted by Gasteiger charge is -2.25. The molecule has 23 heavy (non-hydrogen) atoms. The number of hydroxylamine groups is 2. The molecule has 1 rings (SSSR count). The number of hydrogen-bond donors (Lipinski definition) is 0. The third-order valence-electron chi connectivity index (χ3n) is 4.74. The highest BCUT2D eigenvalue weighted by Crippen LogP contribution is 2.13. The van der Waals surface area contributed by atoms with Crippen molar-refractivity contribution in [2.45, 2.75) is 96.8 Å². The van der Waals surface area contributed by atoms with Crippen LogP contribution >= 0.6 is 0 Å². The summed E-state index contributed by atoms with van der Waals surface area (Å²) in [5.41, 5.74) is 0. The number of ether oxygens (including phenoxy) is 1. The van der Waals surface area contributed by atoms with Gasteiger partial charge in [-0.1, -0.05) is 90.4 Å². The van der Waals surface area contributed by atoms with E-state index in [2.05, 4.69) is 12.0 Å². The quantitative estimate of drug-likeness (QED) is 0.338. The summed E-state index contributed by atoms with van der Waals surface area (Å²) in [6, 6.07) is 0. The van der Waals surface area contributed by atoms with Crippen LogP contribution in [0.2, 0.25) is 0 Å². The average molecular weight is 328 g/mol. The lowest BCUT2D eigenvalue weighted by atomic mass is 10.0. The van der Waals surface area contributed by atoms with Crippen LogP contribution in [0.5, 0.6) is 0 Å². The molecular weight excluding hydrogens is 286 g/mol. The molecule has 0 amide bonds. The van der Waals surface area contributed by atoms with E-state index in [1.807, 2.05) is 0 Å². The molecule has 0 aromatic carbocycles. The summed E-state index contributed by atoms with van der Waals surface area (Å²) in [6.07, 6.45) is 19.7. The van der Waals surface area contributed by atoms with Crippen molar-refractivity contribution in [1.82, 2.24) is 5.06 Å². The highest BCUT2D eigenvalue weighted by molar-refractivity contribution is 4.52. The molecule has 1 fully saturated rings. The van der Waals surface area contributed by atoms with Gasteiger partial charge in [-0.3, -0.25) is 4.84 Å². The summed E-state index contributed by atoms with van der Waals surface area (Å²) < 4.78 is 5.31. The Balaban J connectivity index is 1.67. The molecular formula is C20H41NO2. The molecule has 1 aliphatic rings. The van der Waals surface area contributed by atoms with E-state index in [1.54, 1.807) is 0 Å². The summed E-state index contributed by atoms with van der Waals surface area (Å²) in [5, 5.41) is 2.06. The standard InChI is InChI=1S/C20H41NO2/c1-2-3-4-5-6-7-8-9-10-11-12-13-14-15-18-23-21-16-19-22-20-17-21/h2-20H2,1H3. The van der Waals surface area contributed by atoms with E-state index in [0.29, 0.717) is 0 Å². The van der Waals surface area contributed by atoms with Crippen LogP contribution < -0.4 is 0 Å². The van der Waals surface area contributed by atoms with Crippen LogP contribution in [0, 0.1) is 0 Å². The first kappa shape index (κ1) is 20.9. The maximum absolute atomic E-state index is 5.74. The maximum Gasteiger partial charge on any atom is 0.0685 e. The van der Waals surface area contributed by atoms with Crippen LogP contribution in [0.4, 0.5) is 0 Å². The minimum atomic E-state index is 0.818. The van der Waals surface area contributed by atoms with Crippen molar-refractivity contribution in [2.24, 2.45) is 0 Å². The molecule has 0 aliphatic carbocycles. The molecule has 1 heterocycles. The van der Waals surface area contributed by atoms with Crippen LogP contribution in [0.15, 0.2) is 0 Å². The molecule has 138 valence electrons. The Bertz CT molecular complexity index is 230. The smallest absolute Gasteiger partial charge is 0.0685 e. The van der Waals surface area contributed by atoms with E-state index >= 15 is 0 Å². The fraction of sp³-hybridized carbons (Fsp3) is 1.00. The zero-order valence-electron chi connectivity index (χ0n) is 15.7. The van der Waals surface area contributed by atoms with Gasteiger partial charge in [-0.05, 0) is 6.42 Å². The van der Waals surface area contributed by atoms with Crippen LogP contribution in [0.25, 0.3) is 0 Å². The normalized spacial score (nSPS) is 16.0. The van der Waals surface area contributed by atoms with Crippen LogP contribution in [0.3, 0.4) is 0 Å². The van der Waals surface area contributed by atoms with E-state index in [9.17, 15) is 0 Å². The monoisotopic (exact) mass is 327 g/mol. The summed E-state index contributed by atoms with van der Waals surface area (Å²) in [6.45, 7) is 6.67. The van der Waals surface area contributed by atoms with Gasteiger partial charge in [0.25, 0.3) is 0 Å². The van der Waals surface area contributed by atoms with Gasteiger partial charge >= 0.3 is 0 Å². The van der Waals surface area contributed by atoms with E-state index in [-0.39, 0.29) is 0 Å². The van der Waals surface area contributed by atoms with Gasteiger partial charge in [0.05, 0.1) is 19.8 Å². The first-order valence-corrected chi connectivity index (χ1v) is 10.4. The topological polar surface area (TPSA) is 21.7 Å². The summed E-state index contributed by atoms with van der Waals surface area (Å²) >= 11 is 0. The van der Waals surface area contributed by atoms with Crippen molar-refractivity contribution < 1.29 is 9.57 Å². The fourth-order valence-corrected chi connectivity index (χ4v) is 3.17. The zero-order valence-corrected chi connectivity index (χ0v) is 15.7. The Kier molecular flexibility index (Phi) is 15.2. The molecule has 0 radical (unpaired) electrons. The van der Waals surface area contributed by atoms with Crippen molar-refractivity contribution >= 4 is 0 Å². The van der Waals surface area contributed by atoms with Gasteiger partial charge in [0.1, 0.15) is 0 Å². The number of nitrogens with zero attached hydrogens (tertiary/aromatic N) is 1. The molecule has 0 aromatic rings. The highest BCUT2D eigenvalue weighted by Gasteiger charge is 2.09. The summed E-state index contributed by atoms with van der Waals surface area (Å²) in [5.74, 6) is 0. The Morgan fingerprint density at radius 1 is 0.652 bits per heavy atom. The third kappa shape index (κ3) is 14.0. The van der Waals surface area contributed by atoms with Gasteiger partial charge in [0.15, 0.2) is 0 Å². The second kappa shape index (κ2) is 16.7. The predicted octanol–water partition coefficient (Wildman–Crippen LogP) is 5.73. The highest BCUT2D eigenvalue weighted by atomic mass is 16.7. The number of hydrogen-bond acceptors (Lipinski definition) is 3. The van der Waals surface area contributed by atoms with Crippen LogP contribution in [0.1, 0.15) is 96.8 Å². The molecule has 0 saturated carbocycles. The van der Waals surface area contributed by atoms with Crippen molar-refractivity contribution in [3.8, 4) is 0 Å². The first-order chi connectivity index (χ1) is 11.4. The minimum Gasteiger partial charge on any atom is -0.379 e. The maximum atomic E-state index is 5.74. The molecule has 3 heteroatoms. The van der Waals surface area contributed by atoms with Gasteiger partial charge in [0.2, 0.25) is 0 Å². The summed E-state index contributed by atoms with van der Waals surface area (Å²) in [7, 11) is 0. The van der Waals surface area contributed by atoms with Crippen molar-refractivity contribution in [3.05, 3.63) is 0 Å². The largest absolute Gasteiger partial charge is 0.379 e. The number of unbranched alkanes of at least 4 members (excludes halogenated alkanes) is 13. The molecule has 0 bridgehead atoms. The van der Waals surface area contributed by atoms with Crippen LogP contribution in [-0.4, -0.2) is 38.0 Å². The lowest BCUT2D eigenvalue weighted by molar-refractivity contribution is -0.194. The fourth-order valence-electron chi connectivity index (χ4n) is 3.17. The Morgan fingerprint density at radius 3 is 1.57 bits per heavy atom. The minimum absolute atomic E-state index is 0.818. The van der Waals surface area contributed by atoms with E-state index in [4.69, 9.17) is 9.57 Å². The number of morpholine rings is 1.